The first-order valence-electron chi connectivity index (χ1n) is 8.67. The molecule has 1 atom stereocenters. The Morgan fingerprint density at radius 2 is 2.19 bits per heavy atom. The zero-order valence-corrected chi connectivity index (χ0v) is 16.4. The van der Waals surface area contributed by atoms with E-state index in [4.69, 9.17) is 17.0 Å². The summed E-state index contributed by atoms with van der Waals surface area (Å²) in [6, 6.07) is 9.37. The van der Waals surface area contributed by atoms with Gasteiger partial charge in [-0.2, -0.15) is 5.26 Å². The highest BCUT2D eigenvalue weighted by Crippen LogP contribution is 2.36. The number of nitriles is 1. The average molecular weight is 385 g/mol. The summed E-state index contributed by atoms with van der Waals surface area (Å²) in [4.78, 5) is 12.8. The standard InChI is InChI=1S/C20H20N2O2S2/c1-3-24-17-7-5-4-6-14(17)18(23)22-19-16(11-21)13-9-8-12(2)10-15(13)20(25)26-19/h4-7,12H,3,8-10H2,1-2H3,(H,22,23). The Morgan fingerprint density at radius 3 is 2.92 bits per heavy atom. The van der Waals surface area contributed by atoms with Crippen LogP contribution >= 0.6 is 23.6 Å². The molecule has 26 heavy (non-hydrogen) atoms. The van der Waals surface area contributed by atoms with Crippen LogP contribution in [0.3, 0.4) is 0 Å². The number of carbonyl (C=O) groups excluding carboxylic acids is 1. The molecule has 1 aliphatic carbocycles. The highest BCUT2D eigenvalue weighted by atomic mass is 32.1. The smallest absolute Gasteiger partial charge is 0.260 e. The van der Waals surface area contributed by atoms with Crippen LogP contribution < -0.4 is 10.1 Å². The second kappa shape index (κ2) is 7.98. The number of carbonyl (C=O) groups is 1. The fourth-order valence-electron chi connectivity index (χ4n) is 3.25. The molecule has 1 aromatic heterocycles. The molecule has 1 aliphatic rings. The van der Waals surface area contributed by atoms with Gasteiger partial charge in [0.05, 0.1) is 21.6 Å². The normalized spacial score (nSPS) is 15.7. The van der Waals surface area contributed by atoms with Crippen LogP contribution in [0, 0.1) is 21.1 Å². The minimum Gasteiger partial charge on any atom is -0.493 e. The van der Waals surface area contributed by atoms with E-state index in [0.29, 0.717) is 34.4 Å². The number of nitrogens with zero attached hydrogens (tertiary/aromatic N) is 1. The summed E-state index contributed by atoms with van der Waals surface area (Å²) in [6.45, 7) is 4.55. The van der Waals surface area contributed by atoms with Gasteiger partial charge in [-0.3, -0.25) is 4.79 Å². The molecule has 1 N–H and O–H groups in total. The molecular formula is C20H20N2O2S2. The van der Waals surface area contributed by atoms with Crippen LogP contribution in [0.15, 0.2) is 24.3 Å². The number of fused-ring (bicyclic) bond motifs is 1. The van der Waals surface area contributed by atoms with Crippen molar-refractivity contribution >= 4 is 34.5 Å². The van der Waals surface area contributed by atoms with E-state index in [2.05, 4.69) is 18.3 Å². The van der Waals surface area contributed by atoms with Crippen LogP contribution in [0.4, 0.5) is 5.00 Å². The van der Waals surface area contributed by atoms with Crippen LogP contribution in [0.1, 0.15) is 47.3 Å². The Balaban J connectivity index is 1.99. The lowest BCUT2D eigenvalue weighted by Crippen LogP contribution is -2.17. The first kappa shape index (κ1) is 18.6. The molecule has 6 heteroatoms. The number of ether oxygens (including phenoxy) is 1. The quantitative estimate of drug-likeness (QED) is 0.743. The van der Waals surface area contributed by atoms with E-state index in [9.17, 15) is 10.1 Å². The number of anilines is 1. The number of amides is 1. The van der Waals surface area contributed by atoms with Crippen molar-refractivity contribution in [2.24, 2.45) is 5.92 Å². The van der Waals surface area contributed by atoms with Gasteiger partial charge in [-0.1, -0.05) is 31.3 Å². The number of hydrogen-bond donors (Lipinski definition) is 1. The van der Waals surface area contributed by atoms with Crippen LogP contribution in [0.5, 0.6) is 5.75 Å². The number of hydrogen-bond acceptors (Lipinski definition) is 5. The van der Waals surface area contributed by atoms with E-state index in [1.54, 1.807) is 18.2 Å². The third-order valence-corrected chi connectivity index (χ3v) is 5.98. The highest BCUT2D eigenvalue weighted by molar-refractivity contribution is 7.73. The summed E-state index contributed by atoms with van der Waals surface area (Å²) >= 11 is 6.86. The lowest BCUT2D eigenvalue weighted by molar-refractivity contribution is 0.102. The minimum atomic E-state index is -0.291. The van der Waals surface area contributed by atoms with Crippen molar-refractivity contribution in [1.29, 1.82) is 5.26 Å². The van der Waals surface area contributed by atoms with E-state index in [1.807, 2.05) is 13.0 Å². The van der Waals surface area contributed by atoms with Crippen molar-refractivity contribution < 1.29 is 9.53 Å². The average Bonchev–Trinajstić information content (AvgIpc) is 2.63. The summed E-state index contributed by atoms with van der Waals surface area (Å²) in [5.74, 6) is 0.808. The van der Waals surface area contributed by atoms with Gasteiger partial charge in [-0.25, -0.2) is 0 Å². The third-order valence-electron chi connectivity index (χ3n) is 4.54. The summed E-state index contributed by atoms with van der Waals surface area (Å²) < 4.78 is 6.30. The van der Waals surface area contributed by atoms with Crippen LogP contribution in [0.25, 0.3) is 0 Å². The molecule has 0 radical (unpaired) electrons. The van der Waals surface area contributed by atoms with Crippen LogP contribution in [0.2, 0.25) is 0 Å². The number of nitrogens with one attached hydrogen (secondary N) is 1. The summed E-state index contributed by atoms with van der Waals surface area (Å²) in [6.07, 6.45) is 2.77. The number of rotatable bonds is 4. The van der Waals surface area contributed by atoms with Gasteiger partial charge in [0.2, 0.25) is 0 Å². The first-order chi connectivity index (χ1) is 12.5. The minimum absolute atomic E-state index is 0.291. The van der Waals surface area contributed by atoms with E-state index >= 15 is 0 Å². The van der Waals surface area contributed by atoms with Gasteiger partial charge in [0.1, 0.15) is 16.8 Å². The maximum atomic E-state index is 12.8. The molecule has 1 heterocycles. The second-order valence-corrected chi connectivity index (χ2v) is 8.08. The maximum Gasteiger partial charge on any atom is 0.260 e. The molecule has 2 aromatic rings. The van der Waals surface area contributed by atoms with Crippen molar-refractivity contribution in [3.8, 4) is 11.8 Å². The fraction of sp³-hybridized carbons (Fsp3) is 0.350. The van der Waals surface area contributed by atoms with Gasteiger partial charge < -0.3 is 10.1 Å². The summed E-state index contributed by atoms with van der Waals surface area (Å²) in [7, 11) is 0. The Hall–Kier alpha value is -2.23. The molecular weight excluding hydrogens is 364 g/mol. The van der Waals surface area contributed by atoms with Gasteiger partial charge in [0.15, 0.2) is 0 Å². The summed E-state index contributed by atoms with van der Waals surface area (Å²) in [5.41, 5.74) is 3.10. The van der Waals surface area contributed by atoms with Gasteiger partial charge in [-0.05, 0) is 55.4 Å². The monoisotopic (exact) mass is 384 g/mol. The van der Waals surface area contributed by atoms with Gasteiger partial charge >= 0.3 is 0 Å². The number of para-hydroxylation sites is 1. The Morgan fingerprint density at radius 1 is 1.42 bits per heavy atom. The largest absolute Gasteiger partial charge is 0.493 e. The van der Waals surface area contributed by atoms with Crippen LogP contribution in [-0.4, -0.2) is 12.5 Å². The molecule has 0 saturated carbocycles. The van der Waals surface area contributed by atoms with Crippen LogP contribution in [-0.2, 0) is 12.8 Å². The topological polar surface area (TPSA) is 62.1 Å². The molecule has 4 nitrogen and oxygen atoms in total. The molecule has 1 unspecified atom stereocenters. The van der Waals surface area contributed by atoms with E-state index < -0.39 is 0 Å². The van der Waals surface area contributed by atoms with Crippen molar-refractivity contribution in [2.75, 3.05) is 11.9 Å². The van der Waals surface area contributed by atoms with Gasteiger partial charge in [0.25, 0.3) is 5.91 Å². The van der Waals surface area contributed by atoms with E-state index in [-0.39, 0.29) is 5.91 Å². The SMILES string of the molecule is CCOc1ccccc1C(=O)Nc1sc(=S)c2c(c1C#N)CCC(C)C2. The Bertz CT molecular complexity index is 944. The van der Waals surface area contributed by atoms with Crippen molar-refractivity contribution in [2.45, 2.75) is 33.1 Å². The Kier molecular flexibility index (Phi) is 5.70. The lowest BCUT2D eigenvalue weighted by atomic mass is 9.85. The van der Waals surface area contributed by atoms with E-state index in [0.717, 1.165) is 34.2 Å². The molecule has 0 aliphatic heterocycles. The molecule has 0 bridgehead atoms. The number of benzene rings is 1. The molecule has 0 spiro atoms. The maximum absolute atomic E-state index is 12.8. The first-order valence-corrected chi connectivity index (χ1v) is 9.89. The van der Waals surface area contributed by atoms with Crippen molar-refractivity contribution in [3.63, 3.8) is 0 Å². The third kappa shape index (κ3) is 3.64. The zero-order valence-electron chi connectivity index (χ0n) is 14.8. The van der Waals surface area contributed by atoms with E-state index in [1.165, 1.54) is 11.3 Å². The van der Waals surface area contributed by atoms with Crippen molar-refractivity contribution in [1.82, 2.24) is 0 Å². The zero-order chi connectivity index (χ0) is 18.7. The fourth-order valence-corrected chi connectivity index (χ4v) is 4.64. The lowest BCUT2D eigenvalue weighted by Gasteiger charge is -2.23. The molecule has 1 amide bonds. The van der Waals surface area contributed by atoms with Crippen molar-refractivity contribution in [3.05, 3.63) is 50.3 Å². The molecule has 1 aromatic carbocycles. The molecule has 0 saturated heterocycles. The molecule has 0 fully saturated rings. The predicted molar refractivity (Wildman–Crippen MR) is 107 cm³/mol. The summed E-state index contributed by atoms with van der Waals surface area (Å²) in [5, 5.41) is 13.1. The Labute approximate surface area is 162 Å². The highest BCUT2D eigenvalue weighted by Gasteiger charge is 2.24. The molecule has 3 rings (SSSR count). The van der Waals surface area contributed by atoms with Gasteiger partial charge in [-0.15, -0.1) is 11.3 Å². The second-order valence-electron chi connectivity index (χ2n) is 6.39. The molecule has 134 valence electrons. The van der Waals surface area contributed by atoms with Gasteiger partial charge in [0, 0.05) is 0 Å². The predicted octanol–water partition coefficient (Wildman–Crippen LogP) is 5.13.